The predicted molar refractivity (Wildman–Crippen MR) is 111 cm³/mol. The number of carbonyl (C=O) groups excluding carboxylic acids is 1. The van der Waals surface area contributed by atoms with E-state index in [9.17, 15) is 4.79 Å². The number of ether oxygens (including phenoxy) is 1. The number of benzene rings is 2. The molecule has 2 aliphatic heterocycles. The molecule has 6 heteroatoms. The van der Waals surface area contributed by atoms with Crippen LogP contribution in [-0.2, 0) is 24.3 Å². The molecule has 2 aromatic carbocycles. The number of nitrogens with one attached hydrogen (secondary N) is 1. The molecule has 1 N–H and O–H groups in total. The maximum Gasteiger partial charge on any atom is 0.234 e. The molecule has 2 aromatic rings. The molecule has 28 heavy (non-hydrogen) atoms. The van der Waals surface area contributed by atoms with Crippen LogP contribution in [-0.4, -0.2) is 55.0 Å². The van der Waals surface area contributed by atoms with Gasteiger partial charge in [0.15, 0.2) is 0 Å². The quantitative estimate of drug-likeness (QED) is 0.811. The van der Waals surface area contributed by atoms with Crippen LogP contribution in [0.25, 0.3) is 0 Å². The van der Waals surface area contributed by atoms with Crippen LogP contribution < -0.4 is 10.1 Å². The Hall–Kier alpha value is -2.08. The number of piperazine rings is 1. The Morgan fingerprint density at radius 2 is 1.71 bits per heavy atom. The lowest BCUT2D eigenvalue weighted by atomic mass is 10.1. The molecule has 0 unspecified atom stereocenters. The molecule has 0 saturated carbocycles. The Kier molecular flexibility index (Phi) is 6.15. The van der Waals surface area contributed by atoms with E-state index < -0.39 is 0 Å². The van der Waals surface area contributed by atoms with E-state index in [2.05, 4.69) is 33.3 Å². The fraction of sp³-hybridized carbons (Fsp3) is 0.409. The average molecular weight is 400 g/mol. The monoisotopic (exact) mass is 399 g/mol. The zero-order valence-electron chi connectivity index (χ0n) is 16.0. The van der Waals surface area contributed by atoms with Crippen LogP contribution in [0.4, 0.5) is 0 Å². The summed E-state index contributed by atoms with van der Waals surface area (Å²) < 4.78 is 5.58. The summed E-state index contributed by atoms with van der Waals surface area (Å²) in [4.78, 5) is 16.9. The summed E-state index contributed by atoms with van der Waals surface area (Å²) in [5.74, 6) is 1.11. The van der Waals surface area contributed by atoms with Crippen LogP contribution in [0.3, 0.4) is 0 Å². The second kappa shape index (κ2) is 8.95. The van der Waals surface area contributed by atoms with Crippen molar-refractivity contribution in [2.45, 2.75) is 19.5 Å². The van der Waals surface area contributed by atoms with E-state index in [1.807, 2.05) is 24.3 Å². The Labute approximate surface area is 171 Å². The maximum atomic E-state index is 12.2. The molecule has 2 aliphatic rings. The Balaban J connectivity index is 1.18. The lowest BCUT2D eigenvalue weighted by Gasteiger charge is -2.34. The number of nitrogens with zero attached hydrogens (tertiary/aromatic N) is 2. The maximum absolute atomic E-state index is 12.2. The first-order valence-corrected chi connectivity index (χ1v) is 10.2. The number of rotatable bonds is 6. The minimum absolute atomic E-state index is 0.0713. The highest BCUT2D eigenvalue weighted by Gasteiger charge is 2.20. The molecule has 5 nitrogen and oxygen atoms in total. The van der Waals surface area contributed by atoms with Gasteiger partial charge >= 0.3 is 0 Å². The highest BCUT2D eigenvalue weighted by atomic mass is 35.5. The van der Waals surface area contributed by atoms with Gasteiger partial charge in [0.05, 0.1) is 13.2 Å². The molecule has 2 heterocycles. The molecule has 4 rings (SSSR count). The van der Waals surface area contributed by atoms with Crippen LogP contribution in [0.2, 0.25) is 5.02 Å². The van der Waals surface area contributed by atoms with Gasteiger partial charge in [-0.2, -0.15) is 0 Å². The first-order valence-electron chi connectivity index (χ1n) is 9.86. The molecule has 1 saturated heterocycles. The molecular formula is C22H26ClN3O2. The van der Waals surface area contributed by atoms with Gasteiger partial charge < -0.3 is 10.1 Å². The number of fused-ring (bicyclic) bond motifs is 1. The summed E-state index contributed by atoms with van der Waals surface area (Å²) in [6.07, 6.45) is 1.02. The fourth-order valence-corrected chi connectivity index (χ4v) is 3.89. The smallest absolute Gasteiger partial charge is 0.234 e. The summed E-state index contributed by atoms with van der Waals surface area (Å²) in [5.41, 5.74) is 3.73. The standard InChI is InChI=1S/C22H26ClN3O2/c23-20-4-1-17(2-5-20)14-24-22(27)16-26-10-8-25(9-11-26)15-18-3-6-21-19(13-18)7-12-28-21/h1-6,13H,7-12,14-16H2,(H,24,27). The van der Waals surface area contributed by atoms with Crippen molar-refractivity contribution in [2.75, 3.05) is 39.3 Å². The van der Waals surface area contributed by atoms with Crippen molar-refractivity contribution in [3.05, 3.63) is 64.2 Å². The molecule has 1 amide bonds. The Morgan fingerprint density at radius 1 is 1.00 bits per heavy atom. The largest absolute Gasteiger partial charge is 0.493 e. The summed E-state index contributed by atoms with van der Waals surface area (Å²) in [5, 5.41) is 3.70. The molecule has 0 radical (unpaired) electrons. The molecule has 0 bridgehead atoms. The SMILES string of the molecule is O=C(CN1CCN(Cc2ccc3c(c2)CCO3)CC1)NCc1ccc(Cl)cc1. The van der Waals surface area contributed by atoms with Gasteiger partial charge in [0.2, 0.25) is 5.91 Å². The zero-order valence-corrected chi connectivity index (χ0v) is 16.8. The summed E-state index contributed by atoms with van der Waals surface area (Å²) in [7, 11) is 0. The normalized spacial score (nSPS) is 17.2. The van der Waals surface area contributed by atoms with Gasteiger partial charge in [-0.1, -0.05) is 35.9 Å². The van der Waals surface area contributed by atoms with E-state index in [0.29, 0.717) is 18.1 Å². The van der Waals surface area contributed by atoms with E-state index in [1.165, 1.54) is 11.1 Å². The van der Waals surface area contributed by atoms with Crippen molar-refractivity contribution in [1.29, 1.82) is 0 Å². The van der Waals surface area contributed by atoms with Crippen molar-refractivity contribution in [1.82, 2.24) is 15.1 Å². The summed E-state index contributed by atoms with van der Waals surface area (Å²) >= 11 is 5.89. The summed E-state index contributed by atoms with van der Waals surface area (Å²) in [6.45, 7) is 6.57. The van der Waals surface area contributed by atoms with Gasteiger partial charge in [0.1, 0.15) is 5.75 Å². The van der Waals surface area contributed by atoms with E-state index in [1.54, 1.807) is 0 Å². The second-order valence-corrected chi connectivity index (χ2v) is 7.93. The van der Waals surface area contributed by atoms with Gasteiger partial charge in [-0.05, 0) is 34.9 Å². The molecule has 148 valence electrons. The lowest BCUT2D eigenvalue weighted by molar-refractivity contribution is -0.122. The Morgan fingerprint density at radius 3 is 2.50 bits per heavy atom. The number of amides is 1. The lowest BCUT2D eigenvalue weighted by Crippen LogP contribution is -2.49. The zero-order chi connectivity index (χ0) is 19.3. The number of carbonyl (C=O) groups is 1. The Bertz CT molecular complexity index is 817. The third-order valence-corrected chi connectivity index (χ3v) is 5.65. The number of hydrogen-bond acceptors (Lipinski definition) is 4. The van der Waals surface area contributed by atoms with Crippen LogP contribution in [0.1, 0.15) is 16.7 Å². The fourth-order valence-electron chi connectivity index (χ4n) is 3.76. The molecule has 1 fully saturated rings. The molecular weight excluding hydrogens is 374 g/mol. The van der Waals surface area contributed by atoms with Crippen LogP contribution in [0.5, 0.6) is 5.75 Å². The highest BCUT2D eigenvalue weighted by Crippen LogP contribution is 2.26. The molecule has 0 spiro atoms. The van der Waals surface area contributed by atoms with E-state index in [-0.39, 0.29) is 5.91 Å². The van der Waals surface area contributed by atoms with Gasteiger partial charge in [0, 0.05) is 50.7 Å². The van der Waals surface area contributed by atoms with Crippen molar-refractivity contribution < 1.29 is 9.53 Å². The van der Waals surface area contributed by atoms with Crippen molar-refractivity contribution >= 4 is 17.5 Å². The van der Waals surface area contributed by atoms with Gasteiger partial charge in [-0.15, -0.1) is 0 Å². The van der Waals surface area contributed by atoms with Crippen molar-refractivity contribution in [3.63, 3.8) is 0 Å². The van der Waals surface area contributed by atoms with Crippen LogP contribution in [0.15, 0.2) is 42.5 Å². The second-order valence-electron chi connectivity index (χ2n) is 7.50. The van der Waals surface area contributed by atoms with Crippen molar-refractivity contribution in [3.8, 4) is 5.75 Å². The first-order chi connectivity index (χ1) is 13.7. The topological polar surface area (TPSA) is 44.8 Å². The van der Waals surface area contributed by atoms with Crippen LogP contribution in [0, 0.1) is 0 Å². The molecule has 0 atom stereocenters. The minimum atomic E-state index is 0.0713. The van der Waals surface area contributed by atoms with Gasteiger partial charge in [0.25, 0.3) is 0 Å². The first kappa shape index (κ1) is 19.2. The van der Waals surface area contributed by atoms with Gasteiger partial charge in [-0.25, -0.2) is 0 Å². The van der Waals surface area contributed by atoms with E-state index >= 15 is 0 Å². The minimum Gasteiger partial charge on any atom is -0.493 e. The van der Waals surface area contributed by atoms with Crippen molar-refractivity contribution in [2.24, 2.45) is 0 Å². The average Bonchev–Trinajstić information content (AvgIpc) is 3.17. The molecule has 0 aliphatic carbocycles. The number of halogens is 1. The van der Waals surface area contributed by atoms with E-state index in [0.717, 1.165) is 57.1 Å². The highest BCUT2D eigenvalue weighted by molar-refractivity contribution is 6.30. The third-order valence-electron chi connectivity index (χ3n) is 5.40. The van der Waals surface area contributed by atoms with Crippen LogP contribution >= 0.6 is 11.6 Å². The molecule has 0 aromatic heterocycles. The predicted octanol–water partition coefficient (Wildman–Crippen LogP) is 2.71. The summed E-state index contributed by atoms with van der Waals surface area (Å²) in [6, 6.07) is 14.1. The number of hydrogen-bond donors (Lipinski definition) is 1. The van der Waals surface area contributed by atoms with E-state index in [4.69, 9.17) is 16.3 Å². The third kappa shape index (κ3) is 5.04. The van der Waals surface area contributed by atoms with Gasteiger partial charge in [-0.3, -0.25) is 14.6 Å².